The van der Waals surface area contributed by atoms with Gasteiger partial charge in [0.1, 0.15) is 0 Å². The Morgan fingerprint density at radius 2 is 0.750 bits per heavy atom. The lowest BCUT2D eigenvalue weighted by Gasteiger charge is -2.03. The van der Waals surface area contributed by atoms with Crippen molar-refractivity contribution in [2.45, 2.75) is 181 Å². The number of unbranched alkanes of at least 4 members (excludes halogenated alkanes) is 19. The molecule has 0 fully saturated rings. The summed E-state index contributed by atoms with van der Waals surface area (Å²) in [4.78, 5) is 20.6. The maximum atomic E-state index is 10.3. The van der Waals surface area contributed by atoms with E-state index in [1.54, 1.807) is 0 Å². The maximum Gasteiger partial charge on any atom is 0.303 e. The van der Waals surface area contributed by atoms with Crippen LogP contribution in [-0.2, 0) is 9.59 Å². The number of aliphatic carboxylic acids is 2. The highest BCUT2D eigenvalue weighted by molar-refractivity contribution is 5.66. The van der Waals surface area contributed by atoms with Crippen molar-refractivity contribution in [3.8, 4) is 0 Å². The molecule has 0 aliphatic heterocycles. The Morgan fingerprint density at radius 3 is 1.12 bits per heavy atom. The van der Waals surface area contributed by atoms with Crippen molar-refractivity contribution in [2.24, 2.45) is 0 Å². The maximum absolute atomic E-state index is 10.3. The Hall–Kier alpha value is -1.84. The molecule has 0 spiro atoms. The van der Waals surface area contributed by atoms with Gasteiger partial charge in [-0.15, -0.1) is 0 Å². The highest BCUT2D eigenvalue weighted by Gasteiger charge is 1.97. The van der Waals surface area contributed by atoms with Crippen LogP contribution in [0.15, 0.2) is 36.5 Å². The van der Waals surface area contributed by atoms with Crippen LogP contribution in [0.3, 0.4) is 0 Å². The predicted molar refractivity (Wildman–Crippen MR) is 174 cm³/mol. The minimum absolute atomic E-state index is 0.319. The number of carboxylic acids is 2. The molecule has 4 heteroatoms. The van der Waals surface area contributed by atoms with Crippen molar-refractivity contribution >= 4 is 11.9 Å². The van der Waals surface area contributed by atoms with Crippen molar-refractivity contribution in [2.75, 3.05) is 0 Å². The van der Waals surface area contributed by atoms with E-state index in [1.807, 2.05) is 0 Å². The first-order valence-corrected chi connectivity index (χ1v) is 16.9. The third-order valence-electron chi connectivity index (χ3n) is 7.04. The van der Waals surface area contributed by atoms with Crippen molar-refractivity contribution in [3.05, 3.63) is 36.5 Å². The normalized spacial score (nSPS) is 11.4. The third-order valence-corrected chi connectivity index (χ3v) is 7.04. The molecule has 0 rings (SSSR count). The van der Waals surface area contributed by atoms with E-state index in [0.717, 1.165) is 57.8 Å². The van der Waals surface area contributed by atoms with Crippen LogP contribution in [0.4, 0.5) is 0 Å². The summed E-state index contributed by atoms with van der Waals surface area (Å²) in [6.45, 7) is 4.42. The van der Waals surface area contributed by atoms with E-state index < -0.39 is 11.9 Å². The smallest absolute Gasteiger partial charge is 0.303 e. The Labute approximate surface area is 248 Å². The van der Waals surface area contributed by atoms with E-state index in [4.69, 9.17) is 10.2 Å². The van der Waals surface area contributed by atoms with Gasteiger partial charge in [-0.25, -0.2) is 0 Å². The molecular weight excluding hydrogens is 496 g/mol. The van der Waals surface area contributed by atoms with E-state index in [0.29, 0.717) is 12.8 Å². The fraction of sp³-hybridized carbons (Fsp3) is 0.778. The van der Waals surface area contributed by atoms with E-state index >= 15 is 0 Å². The molecule has 0 saturated heterocycles. The summed E-state index contributed by atoms with van der Waals surface area (Å²) >= 11 is 0. The van der Waals surface area contributed by atoms with Gasteiger partial charge in [0.15, 0.2) is 0 Å². The van der Waals surface area contributed by atoms with E-state index in [2.05, 4.69) is 50.3 Å². The molecule has 0 aromatic heterocycles. The molecule has 40 heavy (non-hydrogen) atoms. The first-order valence-electron chi connectivity index (χ1n) is 16.9. The molecule has 0 aromatic carbocycles. The summed E-state index contributed by atoms with van der Waals surface area (Å²) < 4.78 is 0. The number of hydrogen-bond donors (Lipinski definition) is 2. The van der Waals surface area contributed by atoms with Gasteiger partial charge in [0, 0.05) is 12.8 Å². The van der Waals surface area contributed by atoms with Crippen LogP contribution >= 0.6 is 0 Å². The van der Waals surface area contributed by atoms with Crippen molar-refractivity contribution < 1.29 is 19.8 Å². The summed E-state index contributed by atoms with van der Waals surface area (Å²) in [5.74, 6) is -1.33. The Morgan fingerprint density at radius 1 is 0.425 bits per heavy atom. The van der Waals surface area contributed by atoms with Crippen LogP contribution in [0, 0.1) is 0 Å². The second kappa shape index (κ2) is 37.2. The van der Waals surface area contributed by atoms with E-state index in [1.165, 1.54) is 96.3 Å². The predicted octanol–water partition coefficient (Wildman–Crippen LogP) is 12.0. The fourth-order valence-electron chi connectivity index (χ4n) is 4.54. The number of allylic oxidation sites excluding steroid dienone is 6. The summed E-state index contributed by atoms with van der Waals surface area (Å²) in [7, 11) is 0. The molecule has 0 aliphatic carbocycles. The lowest BCUT2D eigenvalue weighted by Crippen LogP contribution is -1.93. The minimum atomic E-state index is -0.675. The Bertz CT molecular complexity index is 606. The molecule has 0 atom stereocenters. The van der Waals surface area contributed by atoms with Crippen molar-refractivity contribution in [3.63, 3.8) is 0 Å². The zero-order valence-corrected chi connectivity index (χ0v) is 26.6. The van der Waals surface area contributed by atoms with Gasteiger partial charge in [0.2, 0.25) is 0 Å². The fourth-order valence-corrected chi connectivity index (χ4v) is 4.54. The van der Waals surface area contributed by atoms with E-state index in [9.17, 15) is 9.59 Å². The summed E-state index contributed by atoms with van der Waals surface area (Å²) in [5, 5.41) is 17.0. The average Bonchev–Trinajstić information content (AvgIpc) is 2.93. The highest BCUT2D eigenvalue weighted by atomic mass is 16.4. The summed E-state index contributed by atoms with van der Waals surface area (Å²) in [5.41, 5.74) is 0. The molecule has 0 radical (unpaired) electrons. The van der Waals surface area contributed by atoms with Gasteiger partial charge >= 0.3 is 11.9 Å². The zero-order chi connectivity index (χ0) is 29.8. The number of carbonyl (C=O) groups is 2. The van der Waals surface area contributed by atoms with Gasteiger partial charge in [-0.3, -0.25) is 9.59 Å². The molecule has 0 saturated carbocycles. The molecule has 234 valence electrons. The third kappa shape index (κ3) is 43.2. The van der Waals surface area contributed by atoms with Crippen LogP contribution in [0.1, 0.15) is 181 Å². The molecule has 0 aromatic rings. The zero-order valence-electron chi connectivity index (χ0n) is 26.6. The molecule has 0 unspecified atom stereocenters. The van der Waals surface area contributed by atoms with Gasteiger partial charge in [0.05, 0.1) is 0 Å². The van der Waals surface area contributed by atoms with Gasteiger partial charge < -0.3 is 10.2 Å². The monoisotopic (exact) mass is 562 g/mol. The SMILES string of the molecule is CC/C=C\C/C=C\C/C=C\CCCCCCCC(=O)O.CCCCCCCCCCCCCCCCCC(=O)O. The first kappa shape index (κ1) is 40.3. The second-order valence-electron chi connectivity index (χ2n) is 11.1. The summed E-state index contributed by atoms with van der Waals surface area (Å²) in [6.07, 6.45) is 43.6. The highest BCUT2D eigenvalue weighted by Crippen LogP contribution is 2.13. The topological polar surface area (TPSA) is 74.6 Å². The molecule has 4 nitrogen and oxygen atoms in total. The van der Waals surface area contributed by atoms with Gasteiger partial charge in [-0.1, -0.05) is 159 Å². The quantitative estimate of drug-likeness (QED) is 0.0702. The molecule has 0 heterocycles. The van der Waals surface area contributed by atoms with Crippen LogP contribution in [0.5, 0.6) is 0 Å². The van der Waals surface area contributed by atoms with Crippen LogP contribution in [0.25, 0.3) is 0 Å². The van der Waals surface area contributed by atoms with Crippen molar-refractivity contribution in [1.82, 2.24) is 0 Å². The van der Waals surface area contributed by atoms with Crippen LogP contribution in [0.2, 0.25) is 0 Å². The number of carboxylic acid groups (broad SMARTS) is 2. The van der Waals surface area contributed by atoms with Gasteiger partial charge in [-0.05, 0) is 44.9 Å². The lowest BCUT2D eigenvalue weighted by atomic mass is 10.0. The van der Waals surface area contributed by atoms with Gasteiger partial charge in [-0.2, -0.15) is 0 Å². The first-order chi connectivity index (χ1) is 19.5. The largest absolute Gasteiger partial charge is 0.481 e. The van der Waals surface area contributed by atoms with Crippen LogP contribution in [-0.4, -0.2) is 22.2 Å². The Balaban J connectivity index is 0. The molecule has 2 N–H and O–H groups in total. The van der Waals surface area contributed by atoms with Crippen molar-refractivity contribution in [1.29, 1.82) is 0 Å². The standard InChI is InChI=1S/C18H36O2.C18H30O2/c2*1-2-3-4-5-6-7-8-9-10-11-12-13-14-15-16-17-18(19)20/h2-17H2,1H3,(H,19,20);3-4,6-7,9-10H,2,5,8,11-17H2,1H3,(H,19,20)/b;4-3-,7-6-,10-9-. The van der Waals surface area contributed by atoms with Gasteiger partial charge in [0.25, 0.3) is 0 Å². The average molecular weight is 563 g/mol. The molecular formula is C36H66O4. The van der Waals surface area contributed by atoms with E-state index in [-0.39, 0.29) is 0 Å². The summed E-state index contributed by atoms with van der Waals surface area (Å²) in [6, 6.07) is 0. The minimum Gasteiger partial charge on any atom is -0.481 e. The number of rotatable bonds is 29. The molecule has 0 bridgehead atoms. The molecule has 0 aliphatic rings. The molecule has 0 amide bonds. The second-order valence-corrected chi connectivity index (χ2v) is 11.1. The van der Waals surface area contributed by atoms with Crippen LogP contribution < -0.4 is 0 Å². The Kier molecular flexibility index (Phi) is 37.4. The number of hydrogen-bond acceptors (Lipinski definition) is 2. The lowest BCUT2D eigenvalue weighted by molar-refractivity contribution is -0.138.